The standard InChI is InChI=1S/C18H39N5O.HI/c1-16-13-17(2)15-23(14-16)11-8-21-18(19-3)20-7-10-22(4)9-6-12-24-5;/h16-17H,6-15H2,1-5H3,(H2,19,20,21);1H. The molecule has 0 radical (unpaired) electrons. The van der Waals surface area contributed by atoms with Gasteiger partial charge in [-0.25, -0.2) is 0 Å². The number of hydrogen-bond acceptors (Lipinski definition) is 4. The molecule has 1 aliphatic rings. The van der Waals surface area contributed by atoms with E-state index in [-0.39, 0.29) is 24.0 Å². The number of piperidine rings is 1. The van der Waals surface area contributed by atoms with E-state index in [4.69, 9.17) is 4.74 Å². The number of likely N-dealkylation sites (tertiary alicyclic amines) is 1. The van der Waals surface area contributed by atoms with Crippen LogP contribution in [0, 0.1) is 11.8 Å². The van der Waals surface area contributed by atoms with Gasteiger partial charge in [0.05, 0.1) is 0 Å². The van der Waals surface area contributed by atoms with Gasteiger partial charge in [0.15, 0.2) is 5.96 Å². The first-order valence-corrected chi connectivity index (χ1v) is 9.39. The second-order valence-corrected chi connectivity index (χ2v) is 7.28. The normalized spacial score (nSPS) is 21.9. The van der Waals surface area contributed by atoms with Crippen molar-refractivity contribution in [3.05, 3.63) is 0 Å². The van der Waals surface area contributed by atoms with E-state index in [2.05, 4.69) is 46.3 Å². The number of nitrogens with one attached hydrogen (secondary N) is 2. The van der Waals surface area contributed by atoms with E-state index in [1.54, 1.807) is 7.11 Å². The monoisotopic (exact) mass is 469 g/mol. The third-order valence-electron chi connectivity index (χ3n) is 4.56. The SMILES string of the molecule is CN=C(NCCN(C)CCCOC)NCCN1CC(C)CC(C)C1.I. The Labute approximate surface area is 172 Å². The predicted molar refractivity (Wildman–Crippen MR) is 118 cm³/mol. The summed E-state index contributed by atoms with van der Waals surface area (Å²) in [6.45, 7) is 13.0. The fraction of sp³-hybridized carbons (Fsp3) is 0.944. The van der Waals surface area contributed by atoms with Crippen molar-refractivity contribution in [2.75, 3.05) is 73.6 Å². The van der Waals surface area contributed by atoms with E-state index in [0.29, 0.717) is 0 Å². The number of nitrogens with zero attached hydrogens (tertiary/aromatic N) is 3. The molecule has 2 atom stereocenters. The van der Waals surface area contributed by atoms with Crippen molar-refractivity contribution < 1.29 is 4.74 Å². The lowest BCUT2D eigenvalue weighted by atomic mass is 9.92. The number of hydrogen-bond donors (Lipinski definition) is 2. The first kappa shape index (κ1) is 24.9. The highest BCUT2D eigenvalue weighted by molar-refractivity contribution is 14.0. The molecule has 1 saturated heterocycles. The molecule has 0 aromatic rings. The van der Waals surface area contributed by atoms with Crippen LogP contribution in [0.2, 0.25) is 0 Å². The number of rotatable bonds is 10. The Morgan fingerprint density at radius 1 is 1.16 bits per heavy atom. The lowest BCUT2D eigenvalue weighted by Crippen LogP contribution is -2.46. The largest absolute Gasteiger partial charge is 0.385 e. The van der Waals surface area contributed by atoms with Gasteiger partial charge in [-0.05, 0) is 31.7 Å². The molecule has 2 unspecified atom stereocenters. The van der Waals surface area contributed by atoms with Crippen molar-refractivity contribution >= 4 is 29.9 Å². The second kappa shape index (κ2) is 15.0. The zero-order valence-corrected chi connectivity index (χ0v) is 19.2. The quantitative estimate of drug-likeness (QED) is 0.221. The molecule has 0 amide bonds. The molecule has 0 aromatic carbocycles. The lowest BCUT2D eigenvalue weighted by Gasteiger charge is -2.35. The maximum atomic E-state index is 5.08. The smallest absolute Gasteiger partial charge is 0.191 e. The highest BCUT2D eigenvalue weighted by Crippen LogP contribution is 2.20. The summed E-state index contributed by atoms with van der Waals surface area (Å²) in [5.74, 6) is 2.54. The van der Waals surface area contributed by atoms with Gasteiger partial charge in [0.25, 0.3) is 0 Å². The predicted octanol–water partition coefficient (Wildman–Crippen LogP) is 1.72. The van der Waals surface area contributed by atoms with Crippen LogP contribution >= 0.6 is 24.0 Å². The Bertz CT molecular complexity index is 346. The maximum Gasteiger partial charge on any atom is 0.191 e. The van der Waals surface area contributed by atoms with Crippen LogP contribution in [-0.2, 0) is 4.74 Å². The Morgan fingerprint density at radius 2 is 1.80 bits per heavy atom. The number of guanidine groups is 1. The number of likely N-dealkylation sites (N-methyl/N-ethyl adjacent to an activating group) is 1. The van der Waals surface area contributed by atoms with Gasteiger partial charge in [-0.15, -0.1) is 24.0 Å². The van der Waals surface area contributed by atoms with Crippen LogP contribution in [0.3, 0.4) is 0 Å². The Kier molecular flexibility index (Phi) is 14.9. The Morgan fingerprint density at radius 3 is 2.40 bits per heavy atom. The van der Waals surface area contributed by atoms with Crippen LogP contribution in [0.5, 0.6) is 0 Å². The van der Waals surface area contributed by atoms with Crippen molar-refractivity contribution in [2.45, 2.75) is 26.7 Å². The summed E-state index contributed by atoms with van der Waals surface area (Å²) in [6.07, 6.45) is 2.44. The van der Waals surface area contributed by atoms with Gasteiger partial charge in [-0.2, -0.15) is 0 Å². The number of methoxy groups -OCH3 is 1. The van der Waals surface area contributed by atoms with Crippen LogP contribution in [0.25, 0.3) is 0 Å². The molecule has 0 aliphatic carbocycles. The van der Waals surface area contributed by atoms with Crippen molar-refractivity contribution in [3.63, 3.8) is 0 Å². The molecule has 0 saturated carbocycles. The van der Waals surface area contributed by atoms with E-state index in [1.807, 2.05) is 7.05 Å². The molecule has 25 heavy (non-hydrogen) atoms. The third-order valence-corrected chi connectivity index (χ3v) is 4.56. The summed E-state index contributed by atoms with van der Waals surface area (Å²) in [5.41, 5.74) is 0. The van der Waals surface area contributed by atoms with Gasteiger partial charge in [0.1, 0.15) is 0 Å². The first-order chi connectivity index (χ1) is 11.5. The van der Waals surface area contributed by atoms with Gasteiger partial charge >= 0.3 is 0 Å². The van der Waals surface area contributed by atoms with Gasteiger partial charge in [0, 0.05) is 66.6 Å². The van der Waals surface area contributed by atoms with Crippen molar-refractivity contribution in [1.29, 1.82) is 0 Å². The molecule has 2 N–H and O–H groups in total. The lowest BCUT2D eigenvalue weighted by molar-refractivity contribution is 0.143. The number of halogens is 1. The molecule has 0 spiro atoms. The molecule has 1 fully saturated rings. The Hall–Kier alpha value is -0.120. The van der Waals surface area contributed by atoms with Crippen LogP contribution in [-0.4, -0.2) is 89.4 Å². The number of ether oxygens (including phenoxy) is 1. The van der Waals surface area contributed by atoms with E-state index in [9.17, 15) is 0 Å². The summed E-state index contributed by atoms with van der Waals surface area (Å²) in [6, 6.07) is 0. The fourth-order valence-electron chi connectivity index (χ4n) is 3.48. The summed E-state index contributed by atoms with van der Waals surface area (Å²) >= 11 is 0. The molecule has 6 nitrogen and oxygen atoms in total. The first-order valence-electron chi connectivity index (χ1n) is 9.39. The molecule has 1 heterocycles. The molecular formula is C18H40IN5O. The summed E-state index contributed by atoms with van der Waals surface area (Å²) in [7, 11) is 5.73. The average Bonchev–Trinajstić information content (AvgIpc) is 2.52. The molecule has 1 rings (SSSR count). The van der Waals surface area contributed by atoms with Gasteiger partial charge in [-0.3, -0.25) is 4.99 Å². The van der Waals surface area contributed by atoms with Gasteiger partial charge in [-0.1, -0.05) is 13.8 Å². The molecule has 0 aromatic heterocycles. The highest BCUT2D eigenvalue weighted by Gasteiger charge is 2.21. The van der Waals surface area contributed by atoms with E-state index >= 15 is 0 Å². The van der Waals surface area contributed by atoms with Crippen molar-refractivity contribution in [3.8, 4) is 0 Å². The van der Waals surface area contributed by atoms with Crippen LogP contribution in [0.4, 0.5) is 0 Å². The van der Waals surface area contributed by atoms with Crippen LogP contribution in [0.1, 0.15) is 26.7 Å². The highest BCUT2D eigenvalue weighted by atomic mass is 127. The summed E-state index contributed by atoms with van der Waals surface area (Å²) in [4.78, 5) is 9.20. The minimum Gasteiger partial charge on any atom is -0.385 e. The molecular weight excluding hydrogens is 429 g/mol. The maximum absolute atomic E-state index is 5.08. The zero-order valence-electron chi connectivity index (χ0n) is 16.9. The van der Waals surface area contributed by atoms with Crippen LogP contribution < -0.4 is 10.6 Å². The molecule has 7 heteroatoms. The summed E-state index contributed by atoms with van der Waals surface area (Å²) < 4.78 is 5.08. The molecule has 150 valence electrons. The Balaban J connectivity index is 0.00000576. The number of aliphatic imine (C=N–C) groups is 1. The van der Waals surface area contributed by atoms with Crippen molar-refractivity contribution in [1.82, 2.24) is 20.4 Å². The van der Waals surface area contributed by atoms with Gasteiger partial charge in [0.2, 0.25) is 0 Å². The minimum absolute atomic E-state index is 0. The molecule has 1 aliphatic heterocycles. The molecule has 0 bridgehead atoms. The average molecular weight is 469 g/mol. The van der Waals surface area contributed by atoms with E-state index < -0.39 is 0 Å². The van der Waals surface area contributed by atoms with Gasteiger partial charge < -0.3 is 25.2 Å². The fourth-order valence-corrected chi connectivity index (χ4v) is 3.48. The zero-order chi connectivity index (χ0) is 17.8. The topological polar surface area (TPSA) is 52.1 Å². The third kappa shape index (κ3) is 12.0. The second-order valence-electron chi connectivity index (χ2n) is 7.28. The minimum atomic E-state index is 0. The summed E-state index contributed by atoms with van der Waals surface area (Å²) in [5, 5.41) is 6.82. The van der Waals surface area contributed by atoms with E-state index in [0.717, 1.165) is 63.5 Å². The van der Waals surface area contributed by atoms with Crippen LogP contribution in [0.15, 0.2) is 4.99 Å². The van der Waals surface area contributed by atoms with E-state index in [1.165, 1.54) is 19.5 Å². The van der Waals surface area contributed by atoms with Crippen molar-refractivity contribution in [2.24, 2.45) is 16.8 Å².